The minimum Gasteiger partial charge on any atom is -0.423 e. The first-order valence-corrected chi connectivity index (χ1v) is 13.1. The van der Waals surface area contributed by atoms with Gasteiger partial charge in [-0.15, -0.1) is 0 Å². The Bertz CT molecular complexity index is 1490. The normalized spacial score (nSPS) is 15.4. The Balaban J connectivity index is 1.39. The summed E-state index contributed by atoms with van der Waals surface area (Å²) in [6, 6.07) is 21.1. The molecule has 0 spiro atoms. The van der Waals surface area contributed by atoms with Crippen LogP contribution in [0.1, 0.15) is 40.9 Å². The number of nitrogens with one attached hydrogen (secondary N) is 1. The largest absolute Gasteiger partial charge is 0.423 e. The number of halogens is 1. The Hall–Kier alpha value is -4.30. The quantitative estimate of drug-likeness (QED) is 0.240. The SMILES string of the molecule is Cc1nc(Nc2ccc(F)cc2OC(=O)[C@@H](N)Cc2ccccc2)nc(N2CCc3ccccc3C2C)c1C. The first-order valence-electron chi connectivity index (χ1n) is 13.1. The summed E-state index contributed by atoms with van der Waals surface area (Å²) in [5.41, 5.74) is 11.8. The Kier molecular flexibility index (Phi) is 7.56. The van der Waals surface area contributed by atoms with Gasteiger partial charge in [-0.1, -0.05) is 54.6 Å². The molecular weight excluding hydrogens is 493 g/mol. The number of nitrogens with two attached hydrogens (primary N) is 1. The third kappa shape index (κ3) is 5.76. The van der Waals surface area contributed by atoms with E-state index in [1.54, 1.807) is 0 Å². The van der Waals surface area contributed by atoms with Crippen molar-refractivity contribution < 1.29 is 13.9 Å². The minimum atomic E-state index is -0.906. The summed E-state index contributed by atoms with van der Waals surface area (Å²) in [6.07, 6.45) is 1.23. The number of hydrogen-bond acceptors (Lipinski definition) is 7. The molecule has 7 nitrogen and oxygen atoms in total. The maximum absolute atomic E-state index is 14.2. The second-order valence-electron chi connectivity index (χ2n) is 9.88. The highest BCUT2D eigenvalue weighted by Crippen LogP contribution is 2.36. The fourth-order valence-electron chi connectivity index (χ4n) is 4.95. The van der Waals surface area contributed by atoms with Crippen LogP contribution in [0.2, 0.25) is 0 Å². The zero-order chi connectivity index (χ0) is 27.5. The van der Waals surface area contributed by atoms with Crippen LogP contribution in [-0.4, -0.2) is 28.5 Å². The molecule has 2 atom stereocenters. The van der Waals surface area contributed by atoms with Crippen LogP contribution in [0.4, 0.5) is 21.8 Å². The maximum Gasteiger partial charge on any atom is 0.328 e. The molecule has 1 unspecified atom stereocenters. The van der Waals surface area contributed by atoms with Crippen LogP contribution in [0.25, 0.3) is 0 Å². The molecule has 0 aliphatic carbocycles. The van der Waals surface area contributed by atoms with E-state index in [4.69, 9.17) is 15.5 Å². The third-order valence-electron chi connectivity index (χ3n) is 7.23. The zero-order valence-corrected chi connectivity index (χ0v) is 22.3. The highest BCUT2D eigenvalue weighted by molar-refractivity contribution is 5.80. The summed E-state index contributed by atoms with van der Waals surface area (Å²) in [5, 5.41) is 3.14. The van der Waals surface area contributed by atoms with Gasteiger partial charge in [-0.25, -0.2) is 14.2 Å². The number of carbonyl (C=O) groups excluding carboxylic acids is 1. The van der Waals surface area contributed by atoms with Gasteiger partial charge in [-0.05, 0) is 62.4 Å². The van der Waals surface area contributed by atoms with Crippen LogP contribution in [-0.2, 0) is 17.6 Å². The third-order valence-corrected chi connectivity index (χ3v) is 7.23. The van der Waals surface area contributed by atoms with Crippen LogP contribution >= 0.6 is 0 Å². The van der Waals surface area contributed by atoms with Gasteiger partial charge in [0.15, 0.2) is 5.75 Å². The van der Waals surface area contributed by atoms with Crippen molar-refractivity contribution in [1.29, 1.82) is 0 Å². The van der Waals surface area contributed by atoms with Gasteiger partial charge in [0.25, 0.3) is 0 Å². The minimum absolute atomic E-state index is 0.0205. The van der Waals surface area contributed by atoms with Crippen molar-refractivity contribution in [3.8, 4) is 5.75 Å². The van der Waals surface area contributed by atoms with E-state index in [-0.39, 0.29) is 11.8 Å². The molecule has 4 aromatic rings. The van der Waals surface area contributed by atoms with E-state index in [0.717, 1.165) is 41.7 Å². The standard InChI is InChI=1S/C31H32FN5O2/c1-19-20(2)34-31(36-29(19)37-16-15-23-11-7-8-12-25(23)21(37)3)35-27-14-13-24(32)18-28(27)39-30(38)26(33)17-22-9-5-4-6-10-22/h4-14,18,21,26H,15-17,33H2,1-3H3,(H,34,35,36)/t21?,26-/m0/s1. The van der Waals surface area contributed by atoms with Gasteiger partial charge in [0.2, 0.25) is 5.95 Å². The Morgan fingerprint density at radius 3 is 2.64 bits per heavy atom. The van der Waals surface area contributed by atoms with Crippen molar-refractivity contribution in [1.82, 2.24) is 9.97 Å². The van der Waals surface area contributed by atoms with E-state index in [0.29, 0.717) is 18.1 Å². The van der Waals surface area contributed by atoms with E-state index < -0.39 is 17.8 Å². The first kappa shape index (κ1) is 26.3. The number of anilines is 3. The highest BCUT2D eigenvalue weighted by atomic mass is 19.1. The fourth-order valence-corrected chi connectivity index (χ4v) is 4.95. The average Bonchev–Trinajstić information content (AvgIpc) is 2.93. The van der Waals surface area contributed by atoms with Gasteiger partial charge in [-0.3, -0.25) is 0 Å². The summed E-state index contributed by atoms with van der Waals surface area (Å²) in [4.78, 5) is 24.5. The summed E-state index contributed by atoms with van der Waals surface area (Å²) in [7, 11) is 0. The lowest BCUT2D eigenvalue weighted by molar-refractivity contribution is -0.135. The van der Waals surface area contributed by atoms with E-state index in [1.165, 1.54) is 23.3 Å². The Morgan fingerprint density at radius 1 is 1.10 bits per heavy atom. The summed E-state index contributed by atoms with van der Waals surface area (Å²) >= 11 is 0. The number of nitrogens with zero attached hydrogens (tertiary/aromatic N) is 3. The zero-order valence-electron chi connectivity index (χ0n) is 22.3. The lowest BCUT2D eigenvalue weighted by Gasteiger charge is -2.37. The predicted octanol–water partition coefficient (Wildman–Crippen LogP) is 5.58. The first-order chi connectivity index (χ1) is 18.8. The topological polar surface area (TPSA) is 93.4 Å². The number of hydrogen-bond donors (Lipinski definition) is 2. The molecule has 0 fully saturated rings. The molecule has 1 aromatic heterocycles. The van der Waals surface area contributed by atoms with Crippen LogP contribution in [0.3, 0.4) is 0 Å². The number of fused-ring (bicyclic) bond motifs is 1. The number of aryl methyl sites for hydroxylation is 1. The van der Waals surface area contributed by atoms with E-state index in [1.807, 2.05) is 44.2 Å². The van der Waals surface area contributed by atoms with Crippen LogP contribution in [0.15, 0.2) is 72.8 Å². The monoisotopic (exact) mass is 525 g/mol. The van der Waals surface area contributed by atoms with Crippen molar-refractivity contribution in [2.45, 2.75) is 45.7 Å². The smallest absolute Gasteiger partial charge is 0.328 e. The van der Waals surface area contributed by atoms with Crippen molar-refractivity contribution in [2.75, 3.05) is 16.8 Å². The van der Waals surface area contributed by atoms with Crippen molar-refractivity contribution >= 4 is 23.4 Å². The van der Waals surface area contributed by atoms with E-state index in [9.17, 15) is 9.18 Å². The molecule has 8 heteroatoms. The van der Waals surface area contributed by atoms with Gasteiger partial charge < -0.3 is 20.7 Å². The van der Waals surface area contributed by atoms with Gasteiger partial charge in [-0.2, -0.15) is 4.98 Å². The second kappa shape index (κ2) is 11.2. The second-order valence-corrected chi connectivity index (χ2v) is 9.88. The molecule has 3 aromatic carbocycles. The molecule has 2 heterocycles. The Labute approximate surface area is 227 Å². The molecule has 0 bridgehead atoms. The van der Waals surface area contributed by atoms with Crippen molar-refractivity contribution in [3.63, 3.8) is 0 Å². The highest BCUT2D eigenvalue weighted by Gasteiger charge is 2.27. The Morgan fingerprint density at radius 2 is 1.85 bits per heavy atom. The molecule has 0 saturated carbocycles. The molecule has 200 valence electrons. The van der Waals surface area contributed by atoms with Crippen LogP contribution in [0, 0.1) is 19.7 Å². The number of carbonyl (C=O) groups is 1. The molecular formula is C31H32FN5O2. The molecule has 5 rings (SSSR count). The fraction of sp³-hybridized carbons (Fsp3) is 0.258. The lowest BCUT2D eigenvalue weighted by Crippen LogP contribution is -2.36. The summed E-state index contributed by atoms with van der Waals surface area (Å²) in [5.74, 6) is -0.0150. The van der Waals surface area contributed by atoms with Crippen LogP contribution in [0.5, 0.6) is 5.75 Å². The van der Waals surface area contributed by atoms with Gasteiger partial charge in [0.05, 0.1) is 11.7 Å². The number of benzene rings is 3. The number of esters is 1. The van der Waals surface area contributed by atoms with Gasteiger partial charge >= 0.3 is 5.97 Å². The van der Waals surface area contributed by atoms with Gasteiger partial charge in [0, 0.05) is 23.9 Å². The van der Waals surface area contributed by atoms with Crippen molar-refractivity contribution in [2.24, 2.45) is 5.73 Å². The summed E-state index contributed by atoms with van der Waals surface area (Å²) in [6.45, 7) is 6.95. The number of ether oxygens (including phenoxy) is 1. The summed E-state index contributed by atoms with van der Waals surface area (Å²) < 4.78 is 19.7. The average molecular weight is 526 g/mol. The number of rotatable bonds is 7. The molecule has 3 N–H and O–H groups in total. The molecule has 1 aliphatic heterocycles. The molecule has 0 amide bonds. The lowest BCUT2D eigenvalue weighted by atomic mass is 9.93. The maximum atomic E-state index is 14.2. The molecule has 1 aliphatic rings. The van der Waals surface area contributed by atoms with Crippen LogP contribution < -0.4 is 20.7 Å². The predicted molar refractivity (Wildman–Crippen MR) is 151 cm³/mol. The van der Waals surface area contributed by atoms with E-state index in [2.05, 4.69) is 46.4 Å². The molecule has 0 saturated heterocycles. The van der Waals surface area contributed by atoms with Gasteiger partial charge in [0.1, 0.15) is 17.7 Å². The molecule has 0 radical (unpaired) electrons. The van der Waals surface area contributed by atoms with E-state index >= 15 is 0 Å². The molecule has 39 heavy (non-hydrogen) atoms. The van der Waals surface area contributed by atoms with Crippen molar-refractivity contribution in [3.05, 3.63) is 107 Å². The number of aromatic nitrogens is 2.